The molecule has 1 aliphatic rings. The Balaban J connectivity index is 1.58. The van der Waals surface area contributed by atoms with Crippen LogP contribution in [0.3, 0.4) is 0 Å². The number of rotatable bonds is 8. The molecule has 1 unspecified atom stereocenters. The van der Waals surface area contributed by atoms with E-state index in [-0.39, 0.29) is 36.6 Å². The summed E-state index contributed by atoms with van der Waals surface area (Å²) in [6, 6.07) is 12.8. The topological polar surface area (TPSA) is 109 Å². The van der Waals surface area contributed by atoms with E-state index < -0.39 is 45.3 Å². The molecule has 45 heavy (non-hydrogen) atoms. The largest absolute Gasteiger partial charge is 0.456 e. The summed E-state index contributed by atoms with van der Waals surface area (Å²) in [7, 11) is -4.36. The zero-order valence-electron chi connectivity index (χ0n) is 25.8. The second-order valence-corrected chi connectivity index (χ2v) is 14.0. The van der Waals surface area contributed by atoms with Crippen molar-refractivity contribution in [2.24, 2.45) is 0 Å². The van der Waals surface area contributed by atoms with Crippen LogP contribution in [0.15, 0.2) is 71.8 Å². The average Bonchev–Trinajstić information content (AvgIpc) is 2.98. The van der Waals surface area contributed by atoms with Crippen LogP contribution in [0.1, 0.15) is 67.6 Å². The molecule has 4 rings (SSSR count). The van der Waals surface area contributed by atoms with E-state index in [2.05, 4.69) is 24.1 Å². The summed E-state index contributed by atoms with van der Waals surface area (Å²) in [5, 5.41) is 2.82. The molecule has 2 aromatic carbocycles. The number of piperazine rings is 1. The van der Waals surface area contributed by atoms with Crippen LogP contribution in [0.4, 0.5) is 19.0 Å². The number of carbonyl (C=O) groups excluding carboxylic acids is 2. The number of amides is 1. The number of anilines is 1. The van der Waals surface area contributed by atoms with Gasteiger partial charge in [-0.25, -0.2) is 18.2 Å². The van der Waals surface area contributed by atoms with Crippen molar-refractivity contribution in [3.63, 3.8) is 0 Å². The third-order valence-electron chi connectivity index (χ3n) is 7.24. The lowest BCUT2D eigenvalue weighted by Crippen LogP contribution is -2.60. The number of hydrogen-bond acceptors (Lipinski definition) is 7. The molecule has 2 heterocycles. The maximum Gasteiger partial charge on any atom is 0.416 e. The monoisotopic (exact) mass is 646 g/mol. The van der Waals surface area contributed by atoms with E-state index in [0.717, 1.165) is 27.6 Å². The van der Waals surface area contributed by atoms with Crippen molar-refractivity contribution < 1.29 is 35.9 Å². The minimum atomic E-state index is -4.63. The zero-order valence-corrected chi connectivity index (χ0v) is 26.6. The zero-order chi connectivity index (χ0) is 33.2. The van der Waals surface area contributed by atoms with Crippen LogP contribution in [-0.4, -0.2) is 60.9 Å². The molecule has 0 spiro atoms. The van der Waals surface area contributed by atoms with Gasteiger partial charge in [-0.1, -0.05) is 38.1 Å². The lowest BCUT2D eigenvalue weighted by atomic mass is 10.0. The molecular weight excluding hydrogens is 609 g/mol. The fourth-order valence-electron chi connectivity index (χ4n) is 4.79. The van der Waals surface area contributed by atoms with Gasteiger partial charge in [0.05, 0.1) is 16.0 Å². The highest BCUT2D eigenvalue weighted by atomic mass is 32.2. The molecule has 1 saturated heterocycles. The number of hydrogen-bond donors (Lipinski definition) is 1. The van der Waals surface area contributed by atoms with E-state index in [1.54, 1.807) is 31.7 Å². The second kappa shape index (κ2) is 13.2. The standard InChI is InChI=1S/C32H37F3N4O5S/c1-21(2)23-8-6-22(7-9-23)18-37-29(40)27-20-38(28-15-10-24(19-36-28)30(41)44-31(3,4)5)16-17-39(27)45(42,43)26-13-11-25(12-14-26)32(33,34)35/h6-15,19,21,27H,16-18,20H2,1-5H3,(H,37,40). The van der Waals surface area contributed by atoms with E-state index >= 15 is 0 Å². The number of nitrogens with zero attached hydrogens (tertiary/aromatic N) is 3. The fourth-order valence-corrected chi connectivity index (χ4v) is 6.36. The number of pyridine rings is 1. The molecule has 1 atom stereocenters. The molecule has 0 bridgehead atoms. The van der Waals surface area contributed by atoms with Gasteiger partial charge >= 0.3 is 12.1 Å². The smallest absolute Gasteiger partial charge is 0.416 e. The highest BCUT2D eigenvalue weighted by Crippen LogP contribution is 2.31. The van der Waals surface area contributed by atoms with Crippen molar-refractivity contribution in [3.8, 4) is 0 Å². The number of aromatic nitrogens is 1. The first-order valence-electron chi connectivity index (χ1n) is 14.5. The Bertz CT molecular complexity index is 1600. The Morgan fingerprint density at radius 1 is 0.978 bits per heavy atom. The summed E-state index contributed by atoms with van der Waals surface area (Å²) in [6.07, 6.45) is -3.28. The van der Waals surface area contributed by atoms with Crippen LogP contribution in [0.25, 0.3) is 0 Å². The molecule has 0 radical (unpaired) electrons. The molecule has 1 fully saturated rings. The lowest BCUT2D eigenvalue weighted by Gasteiger charge is -2.40. The van der Waals surface area contributed by atoms with Gasteiger partial charge in [0, 0.05) is 32.4 Å². The highest BCUT2D eigenvalue weighted by Gasteiger charge is 2.41. The molecule has 1 aliphatic heterocycles. The maximum absolute atomic E-state index is 13.7. The number of alkyl halides is 3. The van der Waals surface area contributed by atoms with Crippen molar-refractivity contribution in [1.82, 2.24) is 14.6 Å². The Labute approximate surface area is 261 Å². The van der Waals surface area contributed by atoms with E-state index in [0.29, 0.717) is 23.9 Å². The fraction of sp³-hybridized carbons (Fsp3) is 0.406. The molecule has 242 valence electrons. The Morgan fingerprint density at radius 2 is 1.62 bits per heavy atom. The third kappa shape index (κ3) is 8.40. The predicted octanol–water partition coefficient (Wildman–Crippen LogP) is 5.38. The summed E-state index contributed by atoms with van der Waals surface area (Å²) in [4.78, 5) is 31.8. The van der Waals surface area contributed by atoms with Gasteiger partial charge in [0.1, 0.15) is 17.5 Å². The SMILES string of the molecule is CC(C)c1ccc(CNC(=O)C2CN(c3ccc(C(=O)OC(C)(C)C)cn3)CCN2S(=O)(=O)c2ccc(C(F)(F)F)cc2)cc1. The van der Waals surface area contributed by atoms with Crippen molar-refractivity contribution in [3.05, 3.63) is 89.1 Å². The minimum absolute atomic E-state index is 0.0865. The number of halogens is 3. The summed E-state index contributed by atoms with van der Waals surface area (Å²) >= 11 is 0. The quantitative estimate of drug-likeness (QED) is 0.328. The van der Waals surface area contributed by atoms with Crippen LogP contribution < -0.4 is 10.2 Å². The Hall–Kier alpha value is -3.97. The first-order valence-corrected chi connectivity index (χ1v) is 15.9. The van der Waals surface area contributed by atoms with Gasteiger partial charge in [0.2, 0.25) is 15.9 Å². The van der Waals surface area contributed by atoms with Gasteiger partial charge in [-0.3, -0.25) is 4.79 Å². The minimum Gasteiger partial charge on any atom is -0.456 e. The number of esters is 1. The number of benzene rings is 2. The molecule has 0 aliphatic carbocycles. The predicted molar refractivity (Wildman–Crippen MR) is 163 cm³/mol. The van der Waals surface area contributed by atoms with Crippen LogP contribution in [-0.2, 0) is 32.3 Å². The van der Waals surface area contributed by atoms with Gasteiger partial charge in [-0.2, -0.15) is 17.5 Å². The third-order valence-corrected chi connectivity index (χ3v) is 9.16. The van der Waals surface area contributed by atoms with Crippen LogP contribution >= 0.6 is 0 Å². The molecule has 13 heteroatoms. The molecule has 1 aromatic heterocycles. The molecular formula is C32H37F3N4O5S. The summed E-state index contributed by atoms with van der Waals surface area (Å²) in [5.41, 5.74) is 0.505. The first-order chi connectivity index (χ1) is 21.0. The number of ether oxygens (including phenoxy) is 1. The molecule has 1 N–H and O–H groups in total. The summed E-state index contributed by atoms with van der Waals surface area (Å²) in [5.74, 6) is -0.380. The average molecular weight is 647 g/mol. The molecule has 9 nitrogen and oxygen atoms in total. The number of nitrogens with one attached hydrogen (secondary N) is 1. The van der Waals surface area contributed by atoms with Crippen molar-refractivity contribution in [2.45, 2.75) is 69.8 Å². The van der Waals surface area contributed by atoms with Gasteiger partial charge < -0.3 is 15.0 Å². The Kier molecular flexibility index (Phi) is 9.93. The van der Waals surface area contributed by atoms with E-state index in [1.165, 1.54) is 12.3 Å². The van der Waals surface area contributed by atoms with Crippen molar-refractivity contribution in [1.29, 1.82) is 0 Å². The van der Waals surface area contributed by atoms with Crippen LogP contribution in [0.5, 0.6) is 0 Å². The first kappa shape index (κ1) is 33.9. The second-order valence-electron chi connectivity index (χ2n) is 12.1. The van der Waals surface area contributed by atoms with Gasteiger partial charge in [-0.05, 0) is 74.2 Å². The summed E-state index contributed by atoms with van der Waals surface area (Å²) in [6.45, 7) is 9.43. The normalized spacial score (nSPS) is 16.5. The van der Waals surface area contributed by atoms with Gasteiger partial charge in [-0.15, -0.1) is 0 Å². The van der Waals surface area contributed by atoms with E-state index in [1.807, 2.05) is 24.3 Å². The maximum atomic E-state index is 13.7. The van der Waals surface area contributed by atoms with E-state index in [9.17, 15) is 31.2 Å². The highest BCUT2D eigenvalue weighted by molar-refractivity contribution is 7.89. The van der Waals surface area contributed by atoms with Gasteiger partial charge in [0.25, 0.3) is 0 Å². The van der Waals surface area contributed by atoms with Crippen molar-refractivity contribution in [2.75, 3.05) is 24.5 Å². The lowest BCUT2D eigenvalue weighted by molar-refractivity contribution is -0.137. The molecule has 1 amide bonds. The molecule has 3 aromatic rings. The number of carbonyl (C=O) groups is 2. The number of sulfonamides is 1. The Morgan fingerprint density at radius 3 is 2.16 bits per heavy atom. The van der Waals surface area contributed by atoms with Crippen LogP contribution in [0, 0.1) is 0 Å². The summed E-state index contributed by atoms with van der Waals surface area (Å²) < 4.78 is 73.1. The van der Waals surface area contributed by atoms with Gasteiger partial charge in [0.15, 0.2) is 0 Å². The van der Waals surface area contributed by atoms with E-state index in [4.69, 9.17) is 4.74 Å². The van der Waals surface area contributed by atoms with Crippen LogP contribution in [0.2, 0.25) is 0 Å². The van der Waals surface area contributed by atoms with Crippen molar-refractivity contribution >= 4 is 27.7 Å². The molecule has 0 saturated carbocycles.